The molecule has 0 aliphatic heterocycles. The number of H-pyrrole nitrogens is 1. The number of thiophene rings is 1. The Labute approximate surface area is 146 Å². The van der Waals surface area contributed by atoms with Gasteiger partial charge in [-0.15, -0.1) is 11.3 Å². The number of nitrogens with one attached hydrogen (secondary N) is 1. The van der Waals surface area contributed by atoms with Crippen molar-refractivity contribution in [2.75, 3.05) is 0 Å². The molecule has 0 radical (unpaired) electrons. The number of rotatable bonds is 2. The quantitative estimate of drug-likeness (QED) is 0.731. The van der Waals surface area contributed by atoms with E-state index >= 15 is 0 Å². The summed E-state index contributed by atoms with van der Waals surface area (Å²) in [5, 5.41) is 1.23. The van der Waals surface area contributed by atoms with E-state index in [0.29, 0.717) is 12.0 Å². The van der Waals surface area contributed by atoms with Crippen LogP contribution in [0.15, 0.2) is 18.3 Å². The van der Waals surface area contributed by atoms with Crippen molar-refractivity contribution in [3.05, 3.63) is 35.3 Å². The first-order valence-corrected chi connectivity index (χ1v) is 9.42. The molecule has 3 N–H and O–H groups in total. The van der Waals surface area contributed by atoms with E-state index in [1.165, 1.54) is 23.1 Å². The van der Waals surface area contributed by atoms with Gasteiger partial charge in [-0.25, -0.2) is 9.97 Å². The summed E-state index contributed by atoms with van der Waals surface area (Å²) in [4.78, 5) is 14.9. The second-order valence-corrected chi connectivity index (χ2v) is 8.90. The van der Waals surface area contributed by atoms with E-state index < -0.39 is 0 Å². The first-order chi connectivity index (χ1) is 11.4. The summed E-state index contributed by atoms with van der Waals surface area (Å²) in [6.45, 7) is 7.54. The fourth-order valence-corrected chi connectivity index (χ4v) is 4.55. The van der Waals surface area contributed by atoms with Crippen molar-refractivity contribution in [1.29, 1.82) is 0 Å². The maximum absolute atomic E-state index is 5.67. The molecule has 4 rings (SSSR count). The van der Waals surface area contributed by atoms with Crippen LogP contribution in [0.3, 0.4) is 0 Å². The lowest BCUT2D eigenvalue weighted by molar-refractivity contribution is 0.215. The monoisotopic (exact) mass is 340 g/mol. The first-order valence-electron chi connectivity index (χ1n) is 8.60. The largest absolute Gasteiger partial charge is 0.340 e. The van der Waals surface area contributed by atoms with E-state index in [9.17, 15) is 0 Å². The molecule has 0 saturated heterocycles. The van der Waals surface area contributed by atoms with E-state index in [1.54, 1.807) is 11.3 Å². The van der Waals surface area contributed by atoms with Crippen molar-refractivity contribution in [3.63, 3.8) is 0 Å². The molecule has 1 unspecified atom stereocenters. The van der Waals surface area contributed by atoms with Crippen LogP contribution in [-0.4, -0.2) is 15.0 Å². The fourth-order valence-electron chi connectivity index (χ4n) is 3.57. The Morgan fingerprint density at radius 2 is 2.17 bits per heavy atom. The second kappa shape index (κ2) is 5.67. The van der Waals surface area contributed by atoms with Gasteiger partial charge in [-0.1, -0.05) is 20.8 Å². The van der Waals surface area contributed by atoms with E-state index in [1.807, 2.05) is 6.20 Å². The number of aromatic nitrogens is 3. The third-order valence-electron chi connectivity index (χ3n) is 5.18. The van der Waals surface area contributed by atoms with Crippen LogP contribution in [0.2, 0.25) is 0 Å². The van der Waals surface area contributed by atoms with Gasteiger partial charge in [0.05, 0.1) is 4.88 Å². The van der Waals surface area contributed by atoms with Crippen LogP contribution in [0.4, 0.5) is 0 Å². The van der Waals surface area contributed by atoms with Gasteiger partial charge in [0, 0.05) is 29.5 Å². The summed E-state index contributed by atoms with van der Waals surface area (Å²) in [5.74, 6) is 1.63. The molecule has 3 heterocycles. The molecule has 24 heavy (non-hydrogen) atoms. The average molecular weight is 340 g/mol. The molecule has 5 heteroatoms. The fraction of sp³-hybridized carbons (Fsp3) is 0.474. The molecular formula is C19H24N4S. The lowest BCUT2D eigenvalue weighted by Gasteiger charge is -2.34. The van der Waals surface area contributed by atoms with E-state index in [4.69, 9.17) is 10.7 Å². The summed E-state index contributed by atoms with van der Waals surface area (Å²) in [5.41, 5.74) is 9.71. The third-order valence-corrected chi connectivity index (χ3v) is 6.23. The van der Waals surface area contributed by atoms with Gasteiger partial charge in [0.1, 0.15) is 10.7 Å². The maximum atomic E-state index is 5.67. The van der Waals surface area contributed by atoms with Gasteiger partial charge in [-0.3, -0.25) is 0 Å². The maximum Gasteiger partial charge on any atom is 0.147 e. The molecule has 3 aromatic heterocycles. The molecular weight excluding hydrogens is 316 g/mol. The van der Waals surface area contributed by atoms with Gasteiger partial charge in [0.2, 0.25) is 0 Å². The Balaban J connectivity index is 1.71. The third kappa shape index (κ3) is 2.76. The summed E-state index contributed by atoms with van der Waals surface area (Å²) < 4.78 is 0. The van der Waals surface area contributed by atoms with Crippen molar-refractivity contribution in [2.45, 2.75) is 46.6 Å². The number of hydrogen-bond donors (Lipinski definition) is 2. The van der Waals surface area contributed by atoms with Crippen LogP contribution in [0.5, 0.6) is 0 Å². The number of nitrogens with zero attached hydrogens (tertiary/aromatic N) is 2. The highest BCUT2D eigenvalue weighted by atomic mass is 32.1. The Morgan fingerprint density at radius 1 is 1.33 bits per heavy atom. The Bertz CT molecular complexity index is 885. The molecule has 1 aliphatic rings. The van der Waals surface area contributed by atoms with Gasteiger partial charge < -0.3 is 10.7 Å². The molecule has 3 aromatic rings. The number of imidazole rings is 1. The number of aryl methyl sites for hydroxylation is 1. The highest BCUT2D eigenvalue weighted by Gasteiger charge is 2.29. The first kappa shape index (κ1) is 15.8. The van der Waals surface area contributed by atoms with Crippen molar-refractivity contribution in [2.24, 2.45) is 17.1 Å². The van der Waals surface area contributed by atoms with Gasteiger partial charge in [-0.05, 0) is 48.3 Å². The average Bonchev–Trinajstić information content (AvgIpc) is 3.17. The van der Waals surface area contributed by atoms with Crippen LogP contribution < -0.4 is 5.73 Å². The molecule has 1 aliphatic carbocycles. The molecule has 0 bridgehead atoms. The topological polar surface area (TPSA) is 67.6 Å². The van der Waals surface area contributed by atoms with E-state index in [-0.39, 0.29) is 0 Å². The van der Waals surface area contributed by atoms with Crippen LogP contribution in [0, 0.1) is 11.3 Å². The number of pyridine rings is 1. The number of hydrogen-bond acceptors (Lipinski definition) is 4. The molecule has 0 amide bonds. The number of fused-ring (bicyclic) bond motifs is 2. The number of nitrogens with two attached hydrogens (primary N) is 1. The van der Waals surface area contributed by atoms with Crippen LogP contribution in [0.1, 0.15) is 44.1 Å². The second-order valence-electron chi connectivity index (χ2n) is 7.87. The standard InChI is InChI=1S/C19H24N4S/c1-19(2,3)13-4-5-15-11(7-13)6-12-8-16(24-18(12)23-15)17-21-10-14(9-20)22-17/h6,8,10,13H,4-5,7,9,20H2,1-3H3,(H,21,22). The highest BCUT2D eigenvalue weighted by molar-refractivity contribution is 7.21. The zero-order valence-electron chi connectivity index (χ0n) is 14.5. The van der Waals surface area contributed by atoms with Gasteiger partial charge in [-0.2, -0.15) is 0 Å². The van der Waals surface area contributed by atoms with Crippen molar-refractivity contribution >= 4 is 21.6 Å². The van der Waals surface area contributed by atoms with E-state index in [2.05, 4.69) is 42.9 Å². The molecule has 0 saturated carbocycles. The summed E-state index contributed by atoms with van der Waals surface area (Å²) in [7, 11) is 0. The van der Waals surface area contributed by atoms with E-state index in [0.717, 1.165) is 40.0 Å². The van der Waals surface area contributed by atoms with Gasteiger partial charge in [0.15, 0.2) is 0 Å². The molecule has 0 fully saturated rings. The van der Waals surface area contributed by atoms with Crippen molar-refractivity contribution < 1.29 is 0 Å². The van der Waals surface area contributed by atoms with Gasteiger partial charge >= 0.3 is 0 Å². The van der Waals surface area contributed by atoms with Crippen LogP contribution >= 0.6 is 11.3 Å². The molecule has 0 spiro atoms. The predicted octanol–water partition coefficient (Wildman–Crippen LogP) is 4.30. The SMILES string of the molecule is CC(C)(C)C1CCc2nc3sc(-c4ncc(CN)[nH]4)cc3cc2C1. The zero-order chi connectivity index (χ0) is 16.9. The normalized spacial score (nSPS) is 18.1. The smallest absolute Gasteiger partial charge is 0.147 e. The minimum absolute atomic E-state index is 0.360. The Kier molecular flexibility index (Phi) is 3.73. The van der Waals surface area contributed by atoms with Crippen LogP contribution in [0.25, 0.3) is 20.9 Å². The lowest BCUT2D eigenvalue weighted by Crippen LogP contribution is -2.27. The van der Waals surface area contributed by atoms with Crippen molar-refractivity contribution in [1.82, 2.24) is 15.0 Å². The predicted molar refractivity (Wildman–Crippen MR) is 100 cm³/mol. The lowest BCUT2D eigenvalue weighted by atomic mass is 9.71. The summed E-state index contributed by atoms with van der Waals surface area (Å²) in [6, 6.07) is 4.55. The molecule has 4 nitrogen and oxygen atoms in total. The summed E-state index contributed by atoms with van der Waals surface area (Å²) >= 11 is 1.71. The minimum Gasteiger partial charge on any atom is -0.340 e. The minimum atomic E-state index is 0.360. The zero-order valence-corrected chi connectivity index (χ0v) is 15.3. The summed E-state index contributed by atoms with van der Waals surface area (Å²) in [6.07, 6.45) is 5.29. The highest BCUT2D eigenvalue weighted by Crippen LogP contribution is 2.39. The molecule has 126 valence electrons. The number of aromatic amines is 1. The Morgan fingerprint density at radius 3 is 2.88 bits per heavy atom. The van der Waals surface area contributed by atoms with Crippen molar-refractivity contribution in [3.8, 4) is 10.7 Å². The Hall–Kier alpha value is -1.72. The van der Waals surface area contributed by atoms with Gasteiger partial charge in [0.25, 0.3) is 0 Å². The molecule has 0 aromatic carbocycles. The van der Waals surface area contributed by atoms with Crippen LogP contribution in [-0.2, 0) is 19.4 Å². The molecule has 1 atom stereocenters.